The Morgan fingerprint density at radius 3 is 2.37 bits per heavy atom. The van der Waals surface area contributed by atoms with Crippen molar-refractivity contribution in [2.24, 2.45) is 11.5 Å². The summed E-state index contributed by atoms with van der Waals surface area (Å²) in [7, 11) is 0. The fraction of sp³-hybridized carbons (Fsp3) is 0.333. The number of halogens is 1. The third-order valence-electron chi connectivity index (χ3n) is 2.15. The Bertz CT molecular complexity index is 421. The molecule has 0 aliphatic heterocycles. The number of amides is 2. The van der Waals surface area contributed by atoms with Gasteiger partial charge >= 0.3 is 0 Å². The summed E-state index contributed by atoms with van der Waals surface area (Å²) in [6.07, 6.45) is 0.170. The van der Waals surface area contributed by atoms with Crippen molar-refractivity contribution in [1.82, 2.24) is 0 Å². The summed E-state index contributed by atoms with van der Waals surface area (Å²) < 4.78 is 5.29. The Kier molecular flexibility index (Phi) is 7.55. The van der Waals surface area contributed by atoms with Crippen molar-refractivity contribution >= 4 is 29.9 Å². The predicted octanol–water partition coefficient (Wildman–Crippen LogP) is 0.648. The van der Waals surface area contributed by atoms with Crippen LogP contribution in [-0.2, 0) is 9.59 Å². The Hall–Kier alpha value is -1.79. The van der Waals surface area contributed by atoms with Crippen molar-refractivity contribution < 1.29 is 14.3 Å². The molecule has 0 fully saturated rings. The van der Waals surface area contributed by atoms with Crippen molar-refractivity contribution in [2.45, 2.75) is 19.4 Å². The first-order chi connectivity index (χ1) is 8.49. The number of ether oxygens (including phenoxy) is 1. The molecule has 1 aromatic carbocycles. The molecular formula is C12H18ClN3O3. The summed E-state index contributed by atoms with van der Waals surface area (Å²) in [6.45, 7) is 1.84. The number of nitrogens with two attached hydrogens (primary N) is 2. The molecule has 0 spiro atoms. The van der Waals surface area contributed by atoms with E-state index in [-0.39, 0.29) is 31.3 Å². The number of carbonyl (C=O) groups is 2. The van der Waals surface area contributed by atoms with Gasteiger partial charge in [-0.2, -0.15) is 0 Å². The van der Waals surface area contributed by atoms with E-state index in [0.29, 0.717) is 11.4 Å². The maximum Gasteiger partial charge on any atom is 0.240 e. The maximum atomic E-state index is 11.3. The SMILES string of the molecule is CC(N)C(=O)Nc1ccc(OCCC(N)=O)cc1.Cl. The van der Waals surface area contributed by atoms with Crippen LogP contribution in [-0.4, -0.2) is 24.5 Å². The minimum Gasteiger partial charge on any atom is -0.493 e. The Labute approximate surface area is 117 Å². The van der Waals surface area contributed by atoms with E-state index in [1.165, 1.54) is 0 Å². The van der Waals surface area contributed by atoms with Crippen LogP contribution in [0.15, 0.2) is 24.3 Å². The predicted molar refractivity (Wildman–Crippen MR) is 75.3 cm³/mol. The van der Waals surface area contributed by atoms with Crippen LogP contribution in [0.1, 0.15) is 13.3 Å². The van der Waals surface area contributed by atoms with Gasteiger partial charge < -0.3 is 21.5 Å². The summed E-state index contributed by atoms with van der Waals surface area (Å²) in [4.78, 5) is 21.8. The molecule has 0 aliphatic carbocycles. The molecule has 19 heavy (non-hydrogen) atoms. The standard InChI is InChI=1S/C12H17N3O3.ClH/c1-8(13)12(17)15-9-2-4-10(5-3-9)18-7-6-11(14)16;/h2-5,8H,6-7,13H2,1H3,(H2,14,16)(H,15,17);1H. The molecule has 2 amide bonds. The number of primary amides is 1. The van der Waals surface area contributed by atoms with E-state index in [1.807, 2.05) is 0 Å². The quantitative estimate of drug-likeness (QED) is 0.714. The number of rotatable bonds is 6. The van der Waals surface area contributed by atoms with Gasteiger partial charge in [0.25, 0.3) is 0 Å². The molecule has 1 unspecified atom stereocenters. The highest BCUT2D eigenvalue weighted by Crippen LogP contribution is 2.15. The zero-order chi connectivity index (χ0) is 13.5. The molecule has 0 aromatic heterocycles. The van der Waals surface area contributed by atoms with Crippen molar-refractivity contribution in [3.8, 4) is 5.75 Å². The summed E-state index contributed by atoms with van der Waals surface area (Å²) in [6, 6.07) is 6.21. The van der Waals surface area contributed by atoms with Crippen LogP contribution in [0, 0.1) is 0 Å². The molecule has 1 rings (SSSR count). The lowest BCUT2D eigenvalue weighted by Crippen LogP contribution is -2.32. The first-order valence-corrected chi connectivity index (χ1v) is 5.56. The molecule has 106 valence electrons. The maximum absolute atomic E-state index is 11.3. The fourth-order valence-corrected chi connectivity index (χ4v) is 1.16. The lowest BCUT2D eigenvalue weighted by atomic mass is 10.2. The molecule has 0 saturated carbocycles. The van der Waals surface area contributed by atoms with E-state index in [0.717, 1.165) is 0 Å². The highest BCUT2D eigenvalue weighted by molar-refractivity contribution is 5.94. The third kappa shape index (κ3) is 6.64. The number of benzene rings is 1. The molecule has 0 aliphatic rings. The van der Waals surface area contributed by atoms with E-state index >= 15 is 0 Å². The van der Waals surface area contributed by atoms with Crippen molar-refractivity contribution in [3.05, 3.63) is 24.3 Å². The molecule has 1 atom stereocenters. The van der Waals surface area contributed by atoms with Gasteiger partial charge in [-0.05, 0) is 31.2 Å². The van der Waals surface area contributed by atoms with Gasteiger partial charge in [-0.15, -0.1) is 12.4 Å². The number of nitrogens with one attached hydrogen (secondary N) is 1. The number of hydrogen-bond acceptors (Lipinski definition) is 4. The monoisotopic (exact) mass is 287 g/mol. The minimum atomic E-state index is -0.559. The second-order valence-corrected chi connectivity index (χ2v) is 3.87. The molecule has 5 N–H and O–H groups in total. The number of carbonyl (C=O) groups excluding carboxylic acids is 2. The van der Waals surface area contributed by atoms with E-state index in [2.05, 4.69) is 5.32 Å². The number of hydrogen-bond donors (Lipinski definition) is 3. The second-order valence-electron chi connectivity index (χ2n) is 3.87. The first kappa shape index (κ1) is 17.2. The van der Waals surface area contributed by atoms with Crippen LogP contribution >= 0.6 is 12.4 Å². The molecule has 0 heterocycles. The largest absolute Gasteiger partial charge is 0.493 e. The molecule has 0 radical (unpaired) electrons. The van der Waals surface area contributed by atoms with E-state index in [1.54, 1.807) is 31.2 Å². The first-order valence-electron chi connectivity index (χ1n) is 5.56. The van der Waals surface area contributed by atoms with Crippen LogP contribution in [0.3, 0.4) is 0 Å². The van der Waals surface area contributed by atoms with Gasteiger partial charge in [-0.25, -0.2) is 0 Å². The average molecular weight is 288 g/mol. The topological polar surface area (TPSA) is 107 Å². The number of anilines is 1. The molecule has 7 heteroatoms. The Morgan fingerprint density at radius 2 is 1.89 bits per heavy atom. The van der Waals surface area contributed by atoms with Gasteiger partial charge in [0.15, 0.2) is 0 Å². The zero-order valence-electron chi connectivity index (χ0n) is 10.6. The van der Waals surface area contributed by atoms with Crippen LogP contribution < -0.4 is 21.5 Å². The van der Waals surface area contributed by atoms with E-state index in [9.17, 15) is 9.59 Å². The van der Waals surface area contributed by atoms with Gasteiger partial charge in [0.1, 0.15) is 5.75 Å². The van der Waals surface area contributed by atoms with Crippen LogP contribution in [0.4, 0.5) is 5.69 Å². The highest BCUT2D eigenvalue weighted by atomic mass is 35.5. The minimum absolute atomic E-state index is 0. The average Bonchev–Trinajstić information content (AvgIpc) is 2.30. The molecular weight excluding hydrogens is 270 g/mol. The van der Waals surface area contributed by atoms with Gasteiger partial charge in [-0.1, -0.05) is 0 Å². The summed E-state index contributed by atoms with van der Waals surface area (Å²) >= 11 is 0. The van der Waals surface area contributed by atoms with Gasteiger partial charge in [0.05, 0.1) is 19.1 Å². The van der Waals surface area contributed by atoms with Gasteiger partial charge in [0.2, 0.25) is 11.8 Å². The molecule has 0 bridgehead atoms. The third-order valence-corrected chi connectivity index (χ3v) is 2.15. The summed E-state index contributed by atoms with van der Waals surface area (Å²) in [5, 5.41) is 2.65. The lowest BCUT2D eigenvalue weighted by Gasteiger charge is -2.09. The van der Waals surface area contributed by atoms with Crippen LogP contribution in [0.25, 0.3) is 0 Å². The van der Waals surface area contributed by atoms with Gasteiger partial charge in [-0.3, -0.25) is 9.59 Å². The van der Waals surface area contributed by atoms with E-state index < -0.39 is 11.9 Å². The summed E-state index contributed by atoms with van der Waals surface area (Å²) in [5.74, 6) is -0.0525. The van der Waals surface area contributed by atoms with E-state index in [4.69, 9.17) is 16.2 Å². The Balaban J connectivity index is 0.00000324. The molecule has 0 saturated heterocycles. The summed E-state index contributed by atoms with van der Waals surface area (Å²) in [5.41, 5.74) is 11.1. The smallest absolute Gasteiger partial charge is 0.240 e. The zero-order valence-corrected chi connectivity index (χ0v) is 11.4. The van der Waals surface area contributed by atoms with Crippen LogP contribution in [0.5, 0.6) is 5.75 Å². The molecule has 6 nitrogen and oxygen atoms in total. The lowest BCUT2D eigenvalue weighted by molar-refractivity contribution is -0.118. The molecule has 1 aromatic rings. The Morgan fingerprint density at radius 1 is 1.32 bits per heavy atom. The highest BCUT2D eigenvalue weighted by Gasteiger charge is 2.07. The van der Waals surface area contributed by atoms with Crippen molar-refractivity contribution in [2.75, 3.05) is 11.9 Å². The fourth-order valence-electron chi connectivity index (χ4n) is 1.16. The van der Waals surface area contributed by atoms with Crippen molar-refractivity contribution in [3.63, 3.8) is 0 Å². The van der Waals surface area contributed by atoms with Crippen LogP contribution in [0.2, 0.25) is 0 Å². The van der Waals surface area contributed by atoms with Gasteiger partial charge in [0, 0.05) is 5.69 Å². The second kappa shape index (κ2) is 8.34. The van der Waals surface area contributed by atoms with Crippen molar-refractivity contribution in [1.29, 1.82) is 0 Å². The normalized spacial score (nSPS) is 11.1.